The van der Waals surface area contributed by atoms with Gasteiger partial charge in [0.2, 0.25) is 0 Å². The van der Waals surface area contributed by atoms with Gasteiger partial charge >= 0.3 is 0 Å². The van der Waals surface area contributed by atoms with Crippen molar-refractivity contribution in [3.8, 4) is 5.75 Å². The lowest BCUT2D eigenvalue weighted by molar-refractivity contribution is 0.278. The summed E-state index contributed by atoms with van der Waals surface area (Å²) in [6, 6.07) is 11.5. The number of hydrogen-bond donors (Lipinski definition) is 1. The first-order valence-electron chi connectivity index (χ1n) is 5.20. The van der Waals surface area contributed by atoms with Gasteiger partial charge in [0.15, 0.2) is 0 Å². The Hall–Kier alpha value is -1.52. The quantitative estimate of drug-likeness (QED) is 0.902. The van der Waals surface area contributed by atoms with E-state index in [9.17, 15) is 5.11 Å². The molecule has 0 bridgehead atoms. The fraction of sp³-hybridized carbons (Fsp3) is 0.154. The smallest absolute Gasteiger partial charge is 0.119 e. The number of nitrogens with zero attached hydrogens (tertiary/aromatic N) is 1. The topological polar surface area (TPSA) is 42.4 Å². The van der Waals surface area contributed by atoms with Crippen molar-refractivity contribution in [3.05, 3.63) is 48.2 Å². The lowest BCUT2D eigenvalue weighted by Gasteiger charge is -2.06. The largest absolute Gasteiger partial charge is 0.497 e. The van der Waals surface area contributed by atoms with E-state index >= 15 is 0 Å². The molecule has 2 aromatic rings. The Morgan fingerprint density at radius 3 is 2.94 bits per heavy atom. The fourth-order valence-corrected chi connectivity index (χ4v) is 2.33. The van der Waals surface area contributed by atoms with Gasteiger partial charge in [-0.15, -0.1) is 0 Å². The maximum absolute atomic E-state index is 9.22. The summed E-state index contributed by atoms with van der Waals surface area (Å²) >= 11 is 1.52. The molecule has 0 unspecified atom stereocenters. The van der Waals surface area contributed by atoms with Crippen molar-refractivity contribution in [1.29, 1.82) is 0 Å². The number of ether oxygens (including phenoxy) is 1. The molecular formula is C13H13NO2S. The van der Waals surface area contributed by atoms with Crippen molar-refractivity contribution >= 4 is 11.8 Å². The van der Waals surface area contributed by atoms with E-state index in [1.165, 1.54) is 11.8 Å². The minimum Gasteiger partial charge on any atom is -0.497 e. The SMILES string of the molecule is COc1cccc(Sc2ncccc2CO)c1. The Morgan fingerprint density at radius 2 is 2.18 bits per heavy atom. The third-order valence-corrected chi connectivity index (χ3v) is 3.33. The molecule has 0 aliphatic rings. The van der Waals surface area contributed by atoms with E-state index < -0.39 is 0 Å². The molecule has 3 nitrogen and oxygen atoms in total. The molecule has 0 spiro atoms. The van der Waals surface area contributed by atoms with Crippen LogP contribution in [0.3, 0.4) is 0 Å². The normalized spacial score (nSPS) is 10.2. The Labute approximate surface area is 104 Å². The van der Waals surface area contributed by atoms with E-state index in [-0.39, 0.29) is 6.61 Å². The molecule has 0 fully saturated rings. The Balaban J connectivity index is 2.24. The van der Waals surface area contributed by atoms with Crippen LogP contribution in [0.5, 0.6) is 5.75 Å². The average molecular weight is 247 g/mol. The number of methoxy groups -OCH3 is 1. The maximum atomic E-state index is 9.22. The summed E-state index contributed by atoms with van der Waals surface area (Å²) in [5.41, 5.74) is 0.834. The van der Waals surface area contributed by atoms with Crippen molar-refractivity contribution in [2.75, 3.05) is 7.11 Å². The third-order valence-electron chi connectivity index (χ3n) is 2.28. The van der Waals surface area contributed by atoms with Gasteiger partial charge in [-0.25, -0.2) is 4.98 Å². The van der Waals surface area contributed by atoms with E-state index in [1.807, 2.05) is 36.4 Å². The molecule has 0 aliphatic carbocycles. The minimum absolute atomic E-state index is 0.000141. The molecule has 0 saturated carbocycles. The van der Waals surface area contributed by atoms with Crippen molar-refractivity contribution in [2.45, 2.75) is 16.5 Å². The summed E-state index contributed by atoms with van der Waals surface area (Å²) in [7, 11) is 1.64. The second-order valence-electron chi connectivity index (χ2n) is 3.41. The van der Waals surface area contributed by atoms with Crippen LogP contribution in [0.25, 0.3) is 0 Å². The number of aromatic nitrogens is 1. The first-order valence-corrected chi connectivity index (χ1v) is 6.02. The Morgan fingerprint density at radius 1 is 1.29 bits per heavy atom. The monoisotopic (exact) mass is 247 g/mol. The number of rotatable bonds is 4. The second kappa shape index (κ2) is 5.70. The van der Waals surface area contributed by atoms with Gasteiger partial charge in [0.05, 0.1) is 13.7 Å². The highest BCUT2D eigenvalue weighted by Crippen LogP contribution is 2.30. The molecule has 0 radical (unpaired) electrons. The molecule has 0 amide bonds. The van der Waals surface area contributed by atoms with Gasteiger partial charge in [-0.3, -0.25) is 0 Å². The van der Waals surface area contributed by atoms with Crippen LogP contribution in [0.4, 0.5) is 0 Å². The van der Waals surface area contributed by atoms with Crippen LogP contribution in [0, 0.1) is 0 Å². The molecule has 1 aromatic carbocycles. The predicted octanol–water partition coefficient (Wildman–Crippen LogP) is 2.73. The van der Waals surface area contributed by atoms with Gasteiger partial charge in [-0.2, -0.15) is 0 Å². The van der Waals surface area contributed by atoms with Gasteiger partial charge in [-0.1, -0.05) is 23.9 Å². The first kappa shape index (κ1) is 12.0. The van der Waals surface area contributed by atoms with E-state index in [2.05, 4.69) is 4.98 Å². The fourth-order valence-electron chi connectivity index (χ4n) is 1.41. The van der Waals surface area contributed by atoms with E-state index in [0.717, 1.165) is 21.2 Å². The number of aliphatic hydroxyl groups is 1. The number of aliphatic hydroxyl groups excluding tert-OH is 1. The van der Waals surface area contributed by atoms with Gasteiger partial charge in [0.25, 0.3) is 0 Å². The van der Waals surface area contributed by atoms with Crippen LogP contribution in [-0.2, 0) is 6.61 Å². The molecule has 17 heavy (non-hydrogen) atoms. The number of pyridine rings is 1. The summed E-state index contributed by atoms with van der Waals surface area (Å²) in [6.45, 7) is 0.000141. The van der Waals surface area contributed by atoms with E-state index in [0.29, 0.717) is 0 Å². The van der Waals surface area contributed by atoms with Crippen molar-refractivity contribution in [2.24, 2.45) is 0 Å². The summed E-state index contributed by atoms with van der Waals surface area (Å²) < 4.78 is 5.17. The highest BCUT2D eigenvalue weighted by Gasteiger charge is 2.05. The Bertz CT molecular complexity index is 502. The molecule has 4 heteroatoms. The zero-order chi connectivity index (χ0) is 12.1. The molecule has 2 rings (SSSR count). The molecule has 0 saturated heterocycles. The van der Waals surface area contributed by atoms with E-state index in [1.54, 1.807) is 13.3 Å². The summed E-state index contributed by atoms with van der Waals surface area (Å²) in [5.74, 6) is 0.816. The second-order valence-corrected chi connectivity index (χ2v) is 4.47. The minimum atomic E-state index is 0.000141. The van der Waals surface area contributed by atoms with Gasteiger partial charge in [0, 0.05) is 16.7 Å². The van der Waals surface area contributed by atoms with Crippen LogP contribution in [0.2, 0.25) is 0 Å². The molecule has 88 valence electrons. The lowest BCUT2D eigenvalue weighted by Crippen LogP contribution is -1.90. The van der Waals surface area contributed by atoms with Crippen LogP contribution in [-0.4, -0.2) is 17.2 Å². The molecule has 0 atom stereocenters. The van der Waals surface area contributed by atoms with Gasteiger partial charge in [-0.05, 0) is 24.3 Å². The summed E-state index contributed by atoms with van der Waals surface area (Å²) in [6.07, 6.45) is 1.72. The van der Waals surface area contributed by atoms with Gasteiger partial charge in [0.1, 0.15) is 10.8 Å². The molecule has 1 aromatic heterocycles. The Kier molecular flexibility index (Phi) is 4.01. The highest BCUT2D eigenvalue weighted by atomic mass is 32.2. The molecule has 0 aliphatic heterocycles. The van der Waals surface area contributed by atoms with Gasteiger partial charge < -0.3 is 9.84 Å². The zero-order valence-corrected chi connectivity index (χ0v) is 10.3. The maximum Gasteiger partial charge on any atom is 0.119 e. The van der Waals surface area contributed by atoms with Crippen LogP contribution >= 0.6 is 11.8 Å². The molecule has 1 N–H and O–H groups in total. The highest BCUT2D eigenvalue weighted by molar-refractivity contribution is 7.99. The van der Waals surface area contributed by atoms with Crippen LogP contribution in [0.15, 0.2) is 52.5 Å². The number of hydrogen-bond acceptors (Lipinski definition) is 4. The van der Waals surface area contributed by atoms with Crippen LogP contribution < -0.4 is 4.74 Å². The van der Waals surface area contributed by atoms with E-state index in [4.69, 9.17) is 4.74 Å². The first-order chi connectivity index (χ1) is 8.33. The summed E-state index contributed by atoms with van der Waals surface area (Å²) in [5, 5.41) is 10.0. The van der Waals surface area contributed by atoms with Crippen molar-refractivity contribution < 1.29 is 9.84 Å². The van der Waals surface area contributed by atoms with Crippen LogP contribution in [0.1, 0.15) is 5.56 Å². The predicted molar refractivity (Wildman–Crippen MR) is 67.3 cm³/mol. The number of benzene rings is 1. The lowest BCUT2D eigenvalue weighted by atomic mass is 10.3. The third kappa shape index (κ3) is 2.99. The van der Waals surface area contributed by atoms with Crippen molar-refractivity contribution in [3.63, 3.8) is 0 Å². The average Bonchev–Trinajstić information content (AvgIpc) is 2.39. The standard InChI is InChI=1S/C13H13NO2S/c1-16-11-5-2-6-12(8-11)17-13-10(9-15)4-3-7-14-13/h2-8,15H,9H2,1H3. The zero-order valence-electron chi connectivity index (χ0n) is 9.46. The molecule has 1 heterocycles. The summed E-state index contributed by atoms with van der Waals surface area (Å²) in [4.78, 5) is 5.30. The van der Waals surface area contributed by atoms with Crippen molar-refractivity contribution in [1.82, 2.24) is 4.98 Å². The molecular weight excluding hydrogens is 234 g/mol.